The number of oxazole rings is 1. The molecule has 0 aliphatic rings. The predicted molar refractivity (Wildman–Crippen MR) is 83.1 cm³/mol. The maximum atomic E-state index is 12.2. The van der Waals surface area contributed by atoms with Gasteiger partial charge in [0.25, 0.3) is 0 Å². The number of hydrogen-bond acceptors (Lipinski definition) is 4. The first-order valence-corrected chi connectivity index (χ1v) is 7.01. The third-order valence-electron chi connectivity index (χ3n) is 3.24. The summed E-state index contributed by atoms with van der Waals surface area (Å²) in [5.74, 6) is 0.573. The molecule has 0 atom stereocenters. The molecule has 1 aromatic carbocycles. The monoisotopic (exact) mass is 287 g/mol. The highest BCUT2D eigenvalue weighted by Gasteiger charge is 2.26. The van der Waals surface area contributed by atoms with Gasteiger partial charge in [-0.3, -0.25) is 4.79 Å². The van der Waals surface area contributed by atoms with Crippen LogP contribution in [0.1, 0.15) is 26.7 Å². The Kier molecular flexibility index (Phi) is 4.43. The lowest BCUT2D eigenvalue weighted by Crippen LogP contribution is -2.49. The lowest BCUT2D eigenvalue weighted by molar-refractivity contribution is -0.121. The van der Waals surface area contributed by atoms with E-state index in [1.165, 1.54) is 0 Å². The van der Waals surface area contributed by atoms with Gasteiger partial charge in [0.2, 0.25) is 5.91 Å². The third-order valence-corrected chi connectivity index (χ3v) is 3.24. The molecule has 1 amide bonds. The second kappa shape index (κ2) is 6.10. The fraction of sp³-hybridized carbons (Fsp3) is 0.375. The summed E-state index contributed by atoms with van der Waals surface area (Å²) in [5.41, 5.74) is 1.90. The minimum absolute atomic E-state index is 0.0608. The Hall–Kier alpha value is -2.14. The standard InChI is InChI=1S/C16H21N3O2/c1-5-17-16(3,4)15(20)19-13-8-6-12(7-9-13)14-10-21-11(2)18-14/h6-10,17H,5H2,1-4H3,(H,19,20). The number of anilines is 1. The van der Waals surface area contributed by atoms with Gasteiger partial charge in [-0.2, -0.15) is 0 Å². The lowest BCUT2D eigenvalue weighted by atomic mass is 10.0. The van der Waals surface area contributed by atoms with Crippen molar-refractivity contribution >= 4 is 11.6 Å². The van der Waals surface area contributed by atoms with Gasteiger partial charge < -0.3 is 15.1 Å². The van der Waals surface area contributed by atoms with E-state index in [1.807, 2.05) is 45.0 Å². The number of hydrogen-bond donors (Lipinski definition) is 2. The maximum Gasteiger partial charge on any atom is 0.244 e. The lowest BCUT2D eigenvalue weighted by Gasteiger charge is -2.24. The van der Waals surface area contributed by atoms with E-state index in [-0.39, 0.29) is 5.91 Å². The number of nitrogens with zero attached hydrogens (tertiary/aromatic N) is 1. The second-order valence-corrected chi connectivity index (χ2v) is 5.44. The molecule has 1 aromatic heterocycles. The van der Waals surface area contributed by atoms with Crippen molar-refractivity contribution in [2.75, 3.05) is 11.9 Å². The molecule has 5 nitrogen and oxygen atoms in total. The van der Waals surface area contributed by atoms with E-state index in [1.54, 1.807) is 13.2 Å². The molecule has 0 saturated heterocycles. The van der Waals surface area contributed by atoms with Crippen LogP contribution >= 0.6 is 0 Å². The van der Waals surface area contributed by atoms with Crippen LogP contribution in [0.2, 0.25) is 0 Å². The van der Waals surface area contributed by atoms with Crippen LogP contribution in [0.4, 0.5) is 5.69 Å². The van der Waals surface area contributed by atoms with Crippen LogP contribution in [-0.4, -0.2) is 23.0 Å². The van der Waals surface area contributed by atoms with E-state index in [9.17, 15) is 4.79 Å². The summed E-state index contributed by atoms with van der Waals surface area (Å²) in [6.45, 7) is 8.24. The van der Waals surface area contributed by atoms with Crippen LogP contribution in [-0.2, 0) is 4.79 Å². The van der Waals surface area contributed by atoms with Crippen molar-refractivity contribution in [3.05, 3.63) is 36.4 Å². The minimum Gasteiger partial charge on any atom is -0.449 e. The average molecular weight is 287 g/mol. The van der Waals surface area contributed by atoms with Gasteiger partial charge in [-0.05, 0) is 32.5 Å². The van der Waals surface area contributed by atoms with Crippen LogP contribution < -0.4 is 10.6 Å². The number of rotatable bonds is 5. The molecule has 0 bridgehead atoms. The SMILES string of the molecule is CCNC(C)(C)C(=O)Nc1ccc(-c2coc(C)n2)cc1. The molecule has 0 unspecified atom stereocenters. The van der Waals surface area contributed by atoms with Crippen molar-refractivity contribution < 1.29 is 9.21 Å². The summed E-state index contributed by atoms with van der Waals surface area (Å²) < 4.78 is 5.20. The van der Waals surface area contributed by atoms with Crippen molar-refractivity contribution in [3.8, 4) is 11.3 Å². The largest absolute Gasteiger partial charge is 0.449 e. The van der Waals surface area contributed by atoms with E-state index >= 15 is 0 Å². The number of aryl methyl sites for hydroxylation is 1. The smallest absolute Gasteiger partial charge is 0.244 e. The Morgan fingerprint density at radius 1 is 1.29 bits per heavy atom. The van der Waals surface area contributed by atoms with Gasteiger partial charge in [0.05, 0.1) is 5.54 Å². The number of nitrogens with one attached hydrogen (secondary N) is 2. The third kappa shape index (κ3) is 3.70. The molecule has 2 aromatic rings. The number of amides is 1. The molecule has 0 fully saturated rings. The van der Waals surface area contributed by atoms with Crippen LogP contribution in [0.3, 0.4) is 0 Å². The normalized spacial score (nSPS) is 11.4. The number of carbonyl (C=O) groups excluding carboxylic acids is 1. The fourth-order valence-corrected chi connectivity index (χ4v) is 2.03. The summed E-state index contributed by atoms with van der Waals surface area (Å²) in [4.78, 5) is 16.5. The van der Waals surface area contributed by atoms with Crippen LogP contribution in [0, 0.1) is 6.92 Å². The number of benzene rings is 1. The number of carbonyl (C=O) groups is 1. The van der Waals surface area contributed by atoms with Gasteiger partial charge in [-0.25, -0.2) is 4.98 Å². The minimum atomic E-state index is -0.601. The molecule has 1 heterocycles. The number of likely N-dealkylation sites (N-methyl/N-ethyl adjacent to an activating group) is 1. The quantitative estimate of drug-likeness (QED) is 0.887. The van der Waals surface area contributed by atoms with Crippen molar-refractivity contribution in [3.63, 3.8) is 0 Å². The molecule has 112 valence electrons. The first-order valence-electron chi connectivity index (χ1n) is 7.01. The Labute approximate surface area is 124 Å². The molecule has 5 heteroatoms. The molecular formula is C16H21N3O2. The highest BCUT2D eigenvalue weighted by molar-refractivity contribution is 5.97. The summed E-state index contributed by atoms with van der Waals surface area (Å²) >= 11 is 0. The summed E-state index contributed by atoms with van der Waals surface area (Å²) in [7, 11) is 0. The first-order chi connectivity index (χ1) is 9.92. The van der Waals surface area contributed by atoms with E-state index in [4.69, 9.17) is 4.42 Å². The summed E-state index contributed by atoms with van der Waals surface area (Å²) in [6.07, 6.45) is 1.62. The molecule has 0 aliphatic carbocycles. The van der Waals surface area contributed by atoms with Gasteiger partial charge in [-0.15, -0.1) is 0 Å². The molecule has 0 saturated carbocycles. The Bertz CT molecular complexity index is 615. The van der Waals surface area contributed by atoms with Crippen molar-refractivity contribution in [2.24, 2.45) is 0 Å². The van der Waals surface area contributed by atoms with Crippen molar-refractivity contribution in [2.45, 2.75) is 33.2 Å². The molecule has 2 N–H and O–H groups in total. The molecule has 2 rings (SSSR count). The average Bonchev–Trinajstić information content (AvgIpc) is 2.86. The highest BCUT2D eigenvalue weighted by atomic mass is 16.3. The fourth-order valence-electron chi connectivity index (χ4n) is 2.03. The highest BCUT2D eigenvalue weighted by Crippen LogP contribution is 2.21. The van der Waals surface area contributed by atoms with E-state index in [0.29, 0.717) is 5.89 Å². The zero-order chi connectivity index (χ0) is 15.5. The maximum absolute atomic E-state index is 12.2. The molecular weight excluding hydrogens is 266 g/mol. The Balaban J connectivity index is 2.08. The van der Waals surface area contributed by atoms with Crippen LogP contribution in [0.25, 0.3) is 11.3 Å². The molecule has 0 radical (unpaired) electrons. The Morgan fingerprint density at radius 2 is 1.95 bits per heavy atom. The zero-order valence-electron chi connectivity index (χ0n) is 12.9. The van der Waals surface area contributed by atoms with E-state index < -0.39 is 5.54 Å². The molecule has 21 heavy (non-hydrogen) atoms. The zero-order valence-corrected chi connectivity index (χ0v) is 12.9. The first kappa shape index (κ1) is 15.3. The van der Waals surface area contributed by atoms with Crippen LogP contribution in [0.15, 0.2) is 34.9 Å². The van der Waals surface area contributed by atoms with Crippen molar-refractivity contribution in [1.82, 2.24) is 10.3 Å². The van der Waals surface area contributed by atoms with Gasteiger partial charge in [0.1, 0.15) is 12.0 Å². The topological polar surface area (TPSA) is 67.2 Å². The summed E-state index contributed by atoms with van der Waals surface area (Å²) in [6, 6.07) is 7.54. The predicted octanol–water partition coefficient (Wildman–Crippen LogP) is 2.98. The number of aromatic nitrogens is 1. The molecule has 0 aliphatic heterocycles. The van der Waals surface area contributed by atoms with Crippen molar-refractivity contribution in [1.29, 1.82) is 0 Å². The Morgan fingerprint density at radius 3 is 2.48 bits per heavy atom. The second-order valence-electron chi connectivity index (χ2n) is 5.44. The van der Waals surface area contributed by atoms with E-state index in [0.717, 1.165) is 23.5 Å². The van der Waals surface area contributed by atoms with Gasteiger partial charge in [0, 0.05) is 18.2 Å². The molecule has 0 spiro atoms. The van der Waals surface area contributed by atoms with Gasteiger partial charge >= 0.3 is 0 Å². The van der Waals surface area contributed by atoms with Gasteiger partial charge in [-0.1, -0.05) is 19.1 Å². The summed E-state index contributed by atoms with van der Waals surface area (Å²) in [5, 5.41) is 6.05. The van der Waals surface area contributed by atoms with E-state index in [2.05, 4.69) is 15.6 Å². The van der Waals surface area contributed by atoms with Gasteiger partial charge in [0.15, 0.2) is 5.89 Å². The van der Waals surface area contributed by atoms with Crippen LogP contribution in [0.5, 0.6) is 0 Å².